The van der Waals surface area contributed by atoms with E-state index in [4.69, 9.17) is 5.84 Å². The standard InChI is InChI=1S/C11H18N6/c1-3-4-17-6-9(5-14-17)11(15-12)10-7-16(2)8-13-10/h5-8,11,15H,3-4,12H2,1-2H3. The first-order valence-electron chi connectivity index (χ1n) is 5.71. The molecule has 1 atom stereocenters. The molecule has 0 aliphatic carbocycles. The SMILES string of the molecule is CCCn1cc(C(NN)c2cn(C)cn2)cn1. The second kappa shape index (κ2) is 5.11. The molecule has 3 N–H and O–H groups in total. The van der Waals surface area contributed by atoms with Gasteiger partial charge in [-0.3, -0.25) is 10.5 Å². The molecule has 6 heteroatoms. The number of nitrogens with one attached hydrogen (secondary N) is 1. The van der Waals surface area contributed by atoms with Gasteiger partial charge in [0.2, 0.25) is 0 Å². The Balaban J connectivity index is 2.22. The number of rotatable bonds is 5. The van der Waals surface area contributed by atoms with Crippen molar-refractivity contribution in [3.05, 3.63) is 36.2 Å². The van der Waals surface area contributed by atoms with Crippen molar-refractivity contribution in [2.45, 2.75) is 25.9 Å². The van der Waals surface area contributed by atoms with Gasteiger partial charge in [-0.2, -0.15) is 5.10 Å². The quantitative estimate of drug-likeness (QED) is 0.586. The average molecular weight is 234 g/mol. The minimum Gasteiger partial charge on any atom is -0.340 e. The molecule has 17 heavy (non-hydrogen) atoms. The third-order valence-electron chi connectivity index (χ3n) is 2.63. The van der Waals surface area contributed by atoms with E-state index in [-0.39, 0.29) is 6.04 Å². The van der Waals surface area contributed by atoms with E-state index in [9.17, 15) is 0 Å². The summed E-state index contributed by atoms with van der Waals surface area (Å²) >= 11 is 0. The molecule has 1 unspecified atom stereocenters. The zero-order valence-electron chi connectivity index (χ0n) is 10.2. The van der Waals surface area contributed by atoms with Crippen molar-refractivity contribution < 1.29 is 0 Å². The first kappa shape index (κ1) is 11.8. The van der Waals surface area contributed by atoms with E-state index < -0.39 is 0 Å². The Hall–Kier alpha value is -1.66. The van der Waals surface area contributed by atoms with Gasteiger partial charge in [0, 0.05) is 31.5 Å². The van der Waals surface area contributed by atoms with Crippen LogP contribution in [-0.2, 0) is 13.6 Å². The van der Waals surface area contributed by atoms with Gasteiger partial charge in [0.25, 0.3) is 0 Å². The second-order valence-electron chi connectivity index (χ2n) is 4.10. The van der Waals surface area contributed by atoms with Crippen LogP contribution >= 0.6 is 0 Å². The fourth-order valence-corrected chi connectivity index (χ4v) is 1.81. The van der Waals surface area contributed by atoms with Crippen molar-refractivity contribution in [2.75, 3.05) is 0 Å². The van der Waals surface area contributed by atoms with Crippen LogP contribution in [0.5, 0.6) is 0 Å². The Morgan fingerprint density at radius 3 is 2.88 bits per heavy atom. The van der Waals surface area contributed by atoms with E-state index in [1.165, 1.54) is 0 Å². The molecule has 6 nitrogen and oxygen atoms in total. The van der Waals surface area contributed by atoms with Gasteiger partial charge in [-0.15, -0.1) is 0 Å². The first-order valence-corrected chi connectivity index (χ1v) is 5.71. The van der Waals surface area contributed by atoms with Gasteiger partial charge in [-0.25, -0.2) is 10.4 Å². The van der Waals surface area contributed by atoms with Crippen molar-refractivity contribution >= 4 is 0 Å². The summed E-state index contributed by atoms with van der Waals surface area (Å²) in [5, 5.41) is 4.29. The van der Waals surface area contributed by atoms with E-state index in [2.05, 4.69) is 22.4 Å². The lowest BCUT2D eigenvalue weighted by atomic mass is 10.1. The predicted octanol–water partition coefficient (Wildman–Crippen LogP) is 0.579. The Kier molecular flexibility index (Phi) is 3.55. The predicted molar refractivity (Wildman–Crippen MR) is 64.9 cm³/mol. The highest BCUT2D eigenvalue weighted by atomic mass is 15.3. The molecule has 2 rings (SSSR count). The maximum absolute atomic E-state index is 5.59. The molecule has 2 heterocycles. The lowest BCUT2D eigenvalue weighted by Crippen LogP contribution is -2.28. The Morgan fingerprint density at radius 1 is 1.47 bits per heavy atom. The molecule has 0 bridgehead atoms. The number of nitrogens with zero attached hydrogens (tertiary/aromatic N) is 4. The number of imidazole rings is 1. The van der Waals surface area contributed by atoms with Crippen molar-refractivity contribution in [1.82, 2.24) is 24.8 Å². The van der Waals surface area contributed by atoms with Crippen molar-refractivity contribution in [1.29, 1.82) is 0 Å². The van der Waals surface area contributed by atoms with Gasteiger partial charge < -0.3 is 4.57 Å². The smallest absolute Gasteiger partial charge is 0.0947 e. The maximum Gasteiger partial charge on any atom is 0.0947 e. The third kappa shape index (κ3) is 2.54. The molecule has 2 aromatic rings. The molecule has 2 aromatic heterocycles. The first-order chi connectivity index (χ1) is 8.24. The fourth-order valence-electron chi connectivity index (χ4n) is 1.81. The number of aryl methyl sites for hydroxylation is 2. The van der Waals surface area contributed by atoms with Crippen LogP contribution < -0.4 is 11.3 Å². The van der Waals surface area contributed by atoms with Crippen LogP contribution in [-0.4, -0.2) is 19.3 Å². The number of hydrazine groups is 1. The van der Waals surface area contributed by atoms with Crippen LogP contribution in [0.1, 0.15) is 30.6 Å². The number of hydrogen-bond acceptors (Lipinski definition) is 4. The van der Waals surface area contributed by atoms with Gasteiger partial charge in [0.05, 0.1) is 24.3 Å². The second-order valence-corrected chi connectivity index (χ2v) is 4.10. The molecule has 0 saturated carbocycles. The molecule has 92 valence electrons. The highest BCUT2D eigenvalue weighted by Gasteiger charge is 2.16. The highest BCUT2D eigenvalue weighted by molar-refractivity contribution is 5.21. The number of aromatic nitrogens is 4. The molecular weight excluding hydrogens is 216 g/mol. The lowest BCUT2D eigenvalue weighted by molar-refractivity contribution is 0.596. The Labute approximate surface area is 100 Å². The molecule has 0 aliphatic heterocycles. The van der Waals surface area contributed by atoms with Crippen LogP contribution in [0.25, 0.3) is 0 Å². The molecule has 0 amide bonds. The summed E-state index contributed by atoms with van der Waals surface area (Å²) in [6.45, 7) is 3.04. The zero-order chi connectivity index (χ0) is 12.3. The van der Waals surface area contributed by atoms with Crippen molar-refractivity contribution in [3.8, 4) is 0 Å². The summed E-state index contributed by atoms with van der Waals surface area (Å²) in [6.07, 6.45) is 8.60. The van der Waals surface area contributed by atoms with Gasteiger partial charge in [0.15, 0.2) is 0 Å². The van der Waals surface area contributed by atoms with Crippen LogP contribution in [0, 0.1) is 0 Å². The van der Waals surface area contributed by atoms with Gasteiger partial charge in [-0.05, 0) is 6.42 Å². The maximum atomic E-state index is 5.59. The molecule has 0 aromatic carbocycles. The van der Waals surface area contributed by atoms with Crippen molar-refractivity contribution in [3.63, 3.8) is 0 Å². The largest absolute Gasteiger partial charge is 0.340 e. The van der Waals surface area contributed by atoms with Crippen LogP contribution in [0.2, 0.25) is 0 Å². The van der Waals surface area contributed by atoms with E-state index in [1.807, 2.05) is 34.9 Å². The van der Waals surface area contributed by atoms with Crippen molar-refractivity contribution in [2.24, 2.45) is 12.9 Å². The highest BCUT2D eigenvalue weighted by Crippen LogP contribution is 2.18. The minimum atomic E-state index is -0.109. The molecule has 0 aliphatic rings. The van der Waals surface area contributed by atoms with Gasteiger partial charge in [0.1, 0.15) is 0 Å². The molecule has 0 spiro atoms. The molecular formula is C11H18N6. The summed E-state index contributed by atoms with van der Waals surface area (Å²) in [7, 11) is 1.94. The number of nitrogens with two attached hydrogens (primary N) is 1. The van der Waals surface area contributed by atoms with Gasteiger partial charge >= 0.3 is 0 Å². The normalized spacial score (nSPS) is 12.9. The number of hydrogen-bond donors (Lipinski definition) is 2. The fraction of sp³-hybridized carbons (Fsp3) is 0.455. The van der Waals surface area contributed by atoms with E-state index >= 15 is 0 Å². The monoisotopic (exact) mass is 234 g/mol. The minimum absolute atomic E-state index is 0.109. The summed E-state index contributed by atoms with van der Waals surface area (Å²) in [5.41, 5.74) is 4.70. The van der Waals surface area contributed by atoms with E-state index in [1.54, 1.807) is 6.33 Å². The Bertz CT molecular complexity index is 472. The summed E-state index contributed by atoms with van der Waals surface area (Å²) < 4.78 is 3.82. The third-order valence-corrected chi connectivity index (χ3v) is 2.63. The zero-order valence-corrected chi connectivity index (χ0v) is 10.2. The van der Waals surface area contributed by atoms with E-state index in [0.29, 0.717) is 0 Å². The topological polar surface area (TPSA) is 73.7 Å². The van der Waals surface area contributed by atoms with Crippen LogP contribution in [0.15, 0.2) is 24.9 Å². The lowest BCUT2D eigenvalue weighted by Gasteiger charge is -2.10. The van der Waals surface area contributed by atoms with Gasteiger partial charge in [-0.1, -0.05) is 6.92 Å². The summed E-state index contributed by atoms with van der Waals surface area (Å²) in [4.78, 5) is 4.30. The summed E-state index contributed by atoms with van der Waals surface area (Å²) in [6, 6.07) is -0.109. The Morgan fingerprint density at radius 2 is 2.29 bits per heavy atom. The van der Waals surface area contributed by atoms with Crippen LogP contribution in [0.4, 0.5) is 0 Å². The molecule has 0 fully saturated rings. The summed E-state index contributed by atoms with van der Waals surface area (Å²) in [5.74, 6) is 5.59. The molecule has 0 saturated heterocycles. The molecule has 0 radical (unpaired) electrons. The van der Waals surface area contributed by atoms with E-state index in [0.717, 1.165) is 24.2 Å². The average Bonchev–Trinajstić information content (AvgIpc) is 2.91. The van der Waals surface area contributed by atoms with Crippen LogP contribution in [0.3, 0.4) is 0 Å².